The summed E-state index contributed by atoms with van der Waals surface area (Å²) < 4.78 is 32.2. The van der Waals surface area contributed by atoms with Crippen molar-refractivity contribution in [3.05, 3.63) is 17.0 Å². The fraction of sp³-hybridized carbons (Fsp3) is 0.615. The highest BCUT2D eigenvalue weighted by Gasteiger charge is 2.17. The number of nitrogens with zero attached hydrogens (tertiary/aromatic N) is 1. The van der Waals surface area contributed by atoms with Crippen molar-refractivity contribution in [2.45, 2.75) is 42.4 Å². The highest BCUT2D eigenvalue weighted by molar-refractivity contribution is 7.91. The van der Waals surface area contributed by atoms with Crippen molar-refractivity contribution in [3.63, 3.8) is 0 Å². The van der Waals surface area contributed by atoms with Crippen LogP contribution >= 0.6 is 11.3 Å². The van der Waals surface area contributed by atoms with Gasteiger partial charge in [-0.3, -0.25) is 0 Å². The van der Waals surface area contributed by atoms with Crippen molar-refractivity contribution < 1.29 is 13.2 Å². The Kier molecular flexibility index (Phi) is 5.54. The van der Waals surface area contributed by atoms with E-state index in [1.165, 1.54) is 31.4 Å². The molecule has 7 heteroatoms. The summed E-state index contributed by atoms with van der Waals surface area (Å²) in [5.41, 5.74) is 0. The molecule has 1 aromatic heterocycles. The average Bonchev–Trinajstić information content (AvgIpc) is 2.95. The molecule has 0 spiro atoms. The first-order valence-electron chi connectivity index (χ1n) is 6.73. The van der Waals surface area contributed by atoms with Crippen molar-refractivity contribution in [2.24, 2.45) is 0 Å². The van der Waals surface area contributed by atoms with Crippen LogP contribution in [0.5, 0.6) is 0 Å². The zero-order valence-corrected chi connectivity index (χ0v) is 12.8. The van der Waals surface area contributed by atoms with E-state index in [0.29, 0.717) is 11.5 Å². The predicted molar refractivity (Wildman–Crippen MR) is 77.0 cm³/mol. The number of nitriles is 1. The molecule has 1 heterocycles. The molecule has 0 bridgehead atoms. The van der Waals surface area contributed by atoms with Gasteiger partial charge in [-0.1, -0.05) is 19.3 Å². The summed E-state index contributed by atoms with van der Waals surface area (Å²) >= 11 is 0.974. The summed E-state index contributed by atoms with van der Waals surface area (Å²) in [6.45, 7) is 0.652. The van der Waals surface area contributed by atoms with Gasteiger partial charge in [-0.15, -0.1) is 11.3 Å². The molecule has 0 aliphatic heterocycles. The first kappa shape index (κ1) is 15.4. The second-order valence-corrected chi connectivity index (χ2v) is 7.84. The van der Waals surface area contributed by atoms with Crippen LogP contribution in [0.25, 0.3) is 0 Å². The van der Waals surface area contributed by atoms with E-state index in [1.54, 1.807) is 0 Å². The Morgan fingerprint density at radius 1 is 1.35 bits per heavy atom. The van der Waals surface area contributed by atoms with Crippen LogP contribution in [0.15, 0.2) is 16.3 Å². The van der Waals surface area contributed by atoms with Gasteiger partial charge in [0.25, 0.3) is 0 Å². The molecule has 1 N–H and O–H groups in total. The topological polar surface area (TPSA) is 79.2 Å². The van der Waals surface area contributed by atoms with Crippen LogP contribution in [0.2, 0.25) is 0 Å². The molecule has 110 valence electrons. The van der Waals surface area contributed by atoms with Crippen molar-refractivity contribution in [2.75, 3.05) is 13.2 Å². The second kappa shape index (κ2) is 7.18. The number of rotatable bonds is 6. The third-order valence-electron chi connectivity index (χ3n) is 3.26. The van der Waals surface area contributed by atoms with E-state index in [-0.39, 0.29) is 16.9 Å². The summed E-state index contributed by atoms with van der Waals surface area (Å²) in [6.07, 6.45) is 6.09. The molecular formula is C13H18N2O3S2. The van der Waals surface area contributed by atoms with Crippen molar-refractivity contribution in [1.29, 1.82) is 5.26 Å². The number of hydrogen-bond donors (Lipinski definition) is 1. The highest BCUT2D eigenvalue weighted by atomic mass is 32.2. The normalized spacial score (nSPS) is 16.9. The maximum atomic E-state index is 11.9. The monoisotopic (exact) mass is 314 g/mol. The molecular weight excluding hydrogens is 296 g/mol. The Morgan fingerprint density at radius 3 is 2.75 bits per heavy atom. The van der Waals surface area contributed by atoms with Crippen LogP contribution in [0.4, 0.5) is 0 Å². The number of ether oxygens (including phenoxy) is 1. The molecule has 0 atom stereocenters. The standard InChI is InChI=1S/C13H18N2O3S2/c14-10-12-6-7-13(19-12)20(16,17)15-8-9-18-11-4-2-1-3-5-11/h6-7,11,15H,1-5,8-9H2. The fourth-order valence-corrected chi connectivity index (χ4v) is 4.39. The largest absolute Gasteiger partial charge is 0.377 e. The minimum Gasteiger partial charge on any atom is -0.377 e. The summed E-state index contributed by atoms with van der Waals surface area (Å²) in [6, 6.07) is 4.89. The van der Waals surface area contributed by atoms with Gasteiger partial charge in [0.1, 0.15) is 15.2 Å². The van der Waals surface area contributed by atoms with E-state index >= 15 is 0 Å². The van der Waals surface area contributed by atoms with Gasteiger partial charge in [0.2, 0.25) is 10.0 Å². The molecule has 1 aromatic rings. The molecule has 1 fully saturated rings. The van der Waals surface area contributed by atoms with Gasteiger partial charge in [-0.05, 0) is 25.0 Å². The minimum atomic E-state index is -3.52. The lowest BCUT2D eigenvalue weighted by atomic mass is 9.98. The molecule has 1 saturated carbocycles. The van der Waals surface area contributed by atoms with Gasteiger partial charge in [0.15, 0.2) is 0 Å². The van der Waals surface area contributed by atoms with Crippen LogP contribution in [0.1, 0.15) is 37.0 Å². The maximum Gasteiger partial charge on any atom is 0.250 e. The first-order chi connectivity index (χ1) is 9.62. The van der Waals surface area contributed by atoms with Crippen LogP contribution in [-0.4, -0.2) is 27.7 Å². The lowest BCUT2D eigenvalue weighted by Gasteiger charge is -2.21. The molecule has 0 radical (unpaired) electrons. The Hall–Kier alpha value is -0.940. The molecule has 1 aliphatic carbocycles. The molecule has 5 nitrogen and oxygen atoms in total. The van der Waals surface area contributed by atoms with Crippen LogP contribution in [0, 0.1) is 11.3 Å². The van der Waals surface area contributed by atoms with E-state index < -0.39 is 10.0 Å². The average molecular weight is 314 g/mol. The molecule has 1 aliphatic rings. The molecule has 0 aromatic carbocycles. The van der Waals surface area contributed by atoms with Gasteiger partial charge in [0, 0.05) is 6.54 Å². The third kappa shape index (κ3) is 4.28. The zero-order chi connectivity index (χ0) is 14.4. The summed E-state index contributed by atoms with van der Waals surface area (Å²) in [5, 5.41) is 8.70. The van der Waals surface area contributed by atoms with Crippen LogP contribution in [0.3, 0.4) is 0 Å². The minimum absolute atomic E-state index is 0.173. The van der Waals surface area contributed by atoms with E-state index in [1.807, 2.05) is 6.07 Å². The van der Waals surface area contributed by atoms with Crippen molar-refractivity contribution in [1.82, 2.24) is 4.72 Å². The van der Waals surface area contributed by atoms with E-state index in [0.717, 1.165) is 24.2 Å². The third-order valence-corrected chi connectivity index (χ3v) is 6.20. The Labute approximate surface area is 123 Å². The quantitative estimate of drug-likeness (QED) is 0.817. The summed E-state index contributed by atoms with van der Waals surface area (Å²) in [7, 11) is -3.52. The Morgan fingerprint density at radius 2 is 2.10 bits per heavy atom. The number of sulfonamides is 1. The Balaban J connectivity index is 1.76. The van der Waals surface area contributed by atoms with E-state index in [4.69, 9.17) is 10.00 Å². The molecule has 0 unspecified atom stereocenters. The van der Waals surface area contributed by atoms with Gasteiger partial charge in [0.05, 0.1) is 12.7 Å². The van der Waals surface area contributed by atoms with Crippen molar-refractivity contribution in [3.8, 4) is 6.07 Å². The van der Waals surface area contributed by atoms with E-state index in [2.05, 4.69) is 4.72 Å². The first-order valence-corrected chi connectivity index (χ1v) is 9.03. The van der Waals surface area contributed by atoms with E-state index in [9.17, 15) is 8.42 Å². The summed E-state index contributed by atoms with van der Waals surface area (Å²) in [5.74, 6) is 0. The maximum absolute atomic E-state index is 11.9. The summed E-state index contributed by atoms with van der Waals surface area (Å²) in [4.78, 5) is 0.392. The Bertz CT molecular complexity index is 569. The van der Waals surface area contributed by atoms with Crippen molar-refractivity contribution >= 4 is 21.4 Å². The highest BCUT2D eigenvalue weighted by Crippen LogP contribution is 2.21. The van der Waals surface area contributed by atoms with Gasteiger partial charge >= 0.3 is 0 Å². The molecule has 0 saturated heterocycles. The lowest BCUT2D eigenvalue weighted by molar-refractivity contribution is 0.0321. The number of nitrogens with one attached hydrogen (secondary N) is 1. The number of hydrogen-bond acceptors (Lipinski definition) is 5. The predicted octanol–water partition coefficient (Wildman–Crippen LogP) is 2.25. The van der Waals surface area contributed by atoms with Crippen LogP contribution in [-0.2, 0) is 14.8 Å². The fourth-order valence-electron chi connectivity index (χ4n) is 2.23. The lowest BCUT2D eigenvalue weighted by Crippen LogP contribution is -2.29. The molecule has 2 rings (SSSR count). The van der Waals surface area contributed by atoms with Gasteiger partial charge < -0.3 is 4.74 Å². The van der Waals surface area contributed by atoms with Crippen LogP contribution < -0.4 is 4.72 Å². The van der Waals surface area contributed by atoms with Gasteiger partial charge in [-0.2, -0.15) is 5.26 Å². The SMILES string of the molecule is N#Cc1ccc(S(=O)(=O)NCCOC2CCCCC2)s1. The number of thiophene rings is 1. The molecule has 20 heavy (non-hydrogen) atoms. The zero-order valence-electron chi connectivity index (χ0n) is 11.2. The smallest absolute Gasteiger partial charge is 0.250 e. The van der Waals surface area contributed by atoms with Gasteiger partial charge in [-0.25, -0.2) is 13.1 Å². The second-order valence-electron chi connectivity index (χ2n) is 4.76. The molecule has 0 amide bonds.